The molecule has 1 aromatic carbocycles. The summed E-state index contributed by atoms with van der Waals surface area (Å²) >= 11 is 2.27. The first-order valence-electron chi connectivity index (χ1n) is 7.06. The monoisotopic (exact) mass is 402 g/mol. The van der Waals surface area contributed by atoms with E-state index in [0.717, 1.165) is 12.3 Å². The third-order valence-corrected chi connectivity index (χ3v) is 3.73. The van der Waals surface area contributed by atoms with Crippen LogP contribution in [0.15, 0.2) is 36.4 Å². The largest absolute Gasteiger partial charge is 0.492 e. The molecule has 0 aromatic heterocycles. The van der Waals surface area contributed by atoms with Gasteiger partial charge in [0.2, 0.25) is 5.91 Å². The molecule has 1 unspecified atom stereocenters. The molecule has 0 bridgehead atoms. The molecular weight excluding hydrogens is 379 g/mol. The highest BCUT2D eigenvalue weighted by molar-refractivity contribution is 14.1. The van der Waals surface area contributed by atoms with E-state index in [0.29, 0.717) is 13.2 Å². The number of carbonyl (C=O) groups is 1. The van der Waals surface area contributed by atoms with Crippen molar-refractivity contribution in [1.82, 2.24) is 10.2 Å². The van der Waals surface area contributed by atoms with Crippen LogP contribution in [-0.4, -0.2) is 43.6 Å². The zero-order chi connectivity index (χ0) is 15.7. The Morgan fingerprint density at radius 2 is 2.10 bits per heavy atom. The molecule has 0 aliphatic heterocycles. The van der Waals surface area contributed by atoms with E-state index < -0.39 is 0 Å². The van der Waals surface area contributed by atoms with Crippen molar-refractivity contribution in [2.45, 2.75) is 19.9 Å². The van der Waals surface area contributed by atoms with Crippen molar-refractivity contribution in [3.05, 3.63) is 40.0 Å². The fraction of sp³-hybridized carbons (Fsp3) is 0.438. The number of hydrogen-bond acceptors (Lipinski definition) is 3. The van der Waals surface area contributed by atoms with E-state index in [1.54, 1.807) is 18.0 Å². The van der Waals surface area contributed by atoms with Crippen molar-refractivity contribution in [3.8, 4) is 5.75 Å². The van der Waals surface area contributed by atoms with Crippen LogP contribution in [0.25, 0.3) is 0 Å². The quantitative estimate of drug-likeness (QED) is 0.537. The average molecular weight is 402 g/mol. The van der Waals surface area contributed by atoms with Gasteiger partial charge in [-0.1, -0.05) is 6.08 Å². The number of ether oxygens (including phenoxy) is 1. The Hall–Kier alpha value is -1.08. The molecule has 0 aliphatic rings. The van der Waals surface area contributed by atoms with Crippen LogP contribution in [0.1, 0.15) is 13.8 Å². The summed E-state index contributed by atoms with van der Waals surface area (Å²) < 4.78 is 6.88. The van der Waals surface area contributed by atoms with E-state index in [2.05, 4.69) is 34.8 Å². The first-order valence-corrected chi connectivity index (χ1v) is 8.14. The minimum Gasteiger partial charge on any atom is -0.492 e. The van der Waals surface area contributed by atoms with Gasteiger partial charge in [-0.15, -0.1) is 0 Å². The number of amides is 1. The van der Waals surface area contributed by atoms with Gasteiger partial charge in [0.15, 0.2) is 0 Å². The lowest BCUT2D eigenvalue weighted by atomic mass is 10.3. The fourth-order valence-electron chi connectivity index (χ4n) is 1.52. The van der Waals surface area contributed by atoms with E-state index in [-0.39, 0.29) is 11.9 Å². The maximum absolute atomic E-state index is 11.5. The lowest BCUT2D eigenvalue weighted by Gasteiger charge is -2.14. The molecule has 1 amide bonds. The molecule has 116 valence electrons. The summed E-state index contributed by atoms with van der Waals surface area (Å²) in [6.07, 6.45) is 3.44. The molecule has 1 N–H and O–H groups in total. The summed E-state index contributed by atoms with van der Waals surface area (Å²) in [5.74, 6) is 0.904. The summed E-state index contributed by atoms with van der Waals surface area (Å²) in [4.78, 5) is 13.2. The topological polar surface area (TPSA) is 41.6 Å². The van der Waals surface area contributed by atoms with Gasteiger partial charge in [-0.25, -0.2) is 0 Å². The number of likely N-dealkylation sites (N-methyl/N-ethyl adjacent to an activating group) is 1. The molecule has 1 rings (SSSR count). The van der Waals surface area contributed by atoms with Gasteiger partial charge in [0.05, 0.1) is 0 Å². The maximum Gasteiger partial charge on any atom is 0.246 e. The molecule has 0 saturated heterocycles. The van der Waals surface area contributed by atoms with Gasteiger partial charge in [-0.2, -0.15) is 0 Å². The lowest BCUT2D eigenvalue weighted by Crippen LogP contribution is -2.32. The second kappa shape index (κ2) is 9.78. The number of nitrogens with one attached hydrogen (secondary N) is 1. The Bertz CT molecular complexity index is 460. The van der Waals surface area contributed by atoms with Gasteiger partial charge in [-0.05, 0) is 60.7 Å². The molecule has 4 nitrogen and oxygen atoms in total. The number of hydrogen-bond donors (Lipinski definition) is 1. The zero-order valence-electron chi connectivity index (χ0n) is 12.8. The molecule has 5 heteroatoms. The number of carbonyl (C=O) groups excluding carboxylic acids is 1. The van der Waals surface area contributed by atoms with Crippen molar-refractivity contribution >= 4 is 28.5 Å². The first-order chi connectivity index (χ1) is 10.0. The van der Waals surface area contributed by atoms with Crippen molar-refractivity contribution < 1.29 is 9.53 Å². The van der Waals surface area contributed by atoms with Gasteiger partial charge in [0, 0.05) is 35.8 Å². The summed E-state index contributed by atoms with van der Waals surface area (Å²) in [6, 6.07) is 8.19. The molecular formula is C16H23IN2O2. The standard InChI is InChI=1S/C16H23IN2O2/c1-4-19(3)16(20)6-5-11-18-13(2)12-21-15-9-7-14(17)8-10-15/h5-10,13,18H,4,11-12H2,1-3H3/b6-5+. The van der Waals surface area contributed by atoms with Crippen LogP contribution in [0.3, 0.4) is 0 Å². The third kappa shape index (κ3) is 7.47. The highest BCUT2D eigenvalue weighted by Gasteiger charge is 2.03. The van der Waals surface area contributed by atoms with E-state index in [1.807, 2.05) is 37.3 Å². The van der Waals surface area contributed by atoms with Crippen LogP contribution in [-0.2, 0) is 4.79 Å². The Kier molecular flexibility index (Phi) is 8.37. The number of benzene rings is 1. The summed E-state index contributed by atoms with van der Waals surface area (Å²) in [5, 5.41) is 3.29. The molecule has 0 saturated carbocycles. The van der Waals surface area contributed by atoms with Crippen molar-refractivity contribution in [1.29, 1.82) is 0 Å². The van der Waals surface area contributed by atoms with Crippen molar-refractivity contribution in [2.24, 2.45) is 0 Å². The van der Waals surface area contributed by atoms with Gasteiger partial charge in [0.1, 0.15) is 12.4 Å². The van der Waals surface area contributed by atoms with Crippen molar-refractivity contribution in [2.75, 3.05) is 26.7 Å². The SMILES string of the molecule is CCN(C)C(=O)/C=C/CNC(C)COc1ccc(I)cc1. The summed E-state index contributed by atoms with van der Waals surface area (Å²) in [7, 11) is 1.79. The van der Waals surface area contributed by atoms with E-state index in [1.165, 1.54) is 3.57 Å². The predicted molar refractivity (Wildman–Crippen MR) is 94.6 cm³/mol. The molecule has 0 spiro atoms. The normalized spacial score (nSPS) is 12.4. The van der Waals surface area contributed by atoms with Crippen LogP contribution in [0, 0.1) is 3.57 Å². The van der Waals surface area contributed by atoms with Crippen LogP contribution in [0.4, 0.5) is 0 Å². The second-order valence-electron chi connectivity index (χ2n) is 4.83. The van der Waals surface area contributed by atoms with Gasteiger partial charge >= 0.3 is 0 Å². The maximum atomic E-state index is 11.5. The fourth-order valence-corrected chi connectivity index (χ4v) is 1.88. The molecule has 0 radical (unpaired) electrons. The highest BCUT2D eigenvalue weighted by atomic mass is 127. The minimum atomic E-state index is 0.0297. The van der Waals surface area contributed by atoms with Crippen LogP contribution < -0.4 is 10.1 Å². The van der Waals surface area contributed by atoms with Crippen LogP contribution >= 0.6 is 22.6 Å². The summed E-state index contributed by atoms with van der Waals surface area (Å²) in [5.41, 5.74) is 0. The molecule has 21 heavy (non-hydrogen) atoms. The van der Waals surface area contributed by atoms with Gasteiger partial charge < -0.3 is 15.0 Å². The average Bonchev–Trinajstić information content (AvgIpc) is 2.49. The predicted octanol–water partition coefficient (Wildman–Crippen LogP) is 2.68. The number of rotatable bonds is 8. The van der Waals surface area contributed by atoms with Crippen LogP contribution in [0.2, 0.25) is 0 Å². The third-order valence-electron chi connectivity index (χ3n) is 3.01. The van der Waals surface area contributed by atoms with E-state index in [4.69, 9.17) is 4.74 Å². The molecule has 0 aliphatic carbocycles. The number of nitrogens with zero attached hydrogens (tertiary/aromatic N) is 1. The smallest absolute Gasteiger partial charge is 0.246 e. The zero-order valence-corrected chi connectivity index (χ0v) is 15.0. The molecule has 1 aromatic rings. The molecule has 1 atom stereocenters. The number of halogens is 1. The highest BCUT2D eigenvalue weighted by Crippen LogP contribution is 2.13. The van der Waals surface area contributed by atoms with Gasteiger partial charge in [0.25, 0.3) is 0 Å². The molecule has 0 heterocycles. The van der Waals surface area contributed by atoms with Crippen molar-refractivity contribution in [3.63, 3.8) is 0 Å². The molecule has 0 fully saturated rings. The van der Waals surface area contributed by atoms with E-state index >= 15 is 0 Å². The minimum absolute atomic E-state index is 0.0297. The Morgan fingerprint density at radius 1 is 1.43 bits per heavy atom. The Labute approximate surface area is 140 Å². The van der Waals surface area contributed by atoms with Gasteiger partial charge in [-0.3, -0.25) is 4.79 Å². The lowest BCUT2D eigenvalue weighted by molar-refractivity contribution is -0.124. The Balaban J connectivity index is 2.22. The summed E-state index contributed by atoms with van der Waals surface area (Å²) in [6.45, 7) is 5.98. The Morgan fingerprint density at radius 3 is 2.71 bits per heavy atom. The second-order valence-corrected chi connectivity index (χ2v) is 6.07. The first kappa shape index (κ1) is 18.0. The van der Waals surface area contributed by atoms with Crippen LogP contribution in [0.5, 0.6) is 5.75 Å². The van der Waals surface area contributed by atoms with E-state index in [9.17, 15) is 4.79 Å².